The Morgan fingerprint density at radius 3 is 2.81 bits per heavy atom. The lowest BCUT2D eigenvalue weighted by Gasteiger charge is -2.27. The highest BCUT2D eigenvalue weighted by atomic mass is 19.1. The molecule has 1 aromatic carbocycles. The molecule has 1 aromatic rings. The number of hydrogen-bond donors (Lipinski definition) is 1. The Kier molecular flexibility index (Phi) is 3.56. The minimum Gasteiger partial charge on any atom is -0.386 e. The predicted octanol–water partition coefficient (Wildman–Crippen LogP) is 2.74. The Hall–Kier alpha value is -0.930. The molecule has 1 aliphatic heterocycles. The van der Waals surface area contributed by atoms with E-state index in [9.17, 15) is 9.50 Å². The van der Waals surface area contributed by atoms with E-state index in [0.717, 1.165) is 24.8 Å². The van der Waals surface area contributed by atoms with Gasteiger partial charge in [0.15, 0.2) is 0 Å². The molecule has 0 aliphatic carbocycles. The molecule has 1 N–H and O–H groups in total. The number of aliphatic hydroxyl groups is 1. The number of aryl methyl sites for hydroxylation is 1. The third-order valence-corrected chi connectivity index (χ3v) is 2.97. The van der Waals surface area contributed by atoms with Crippen molar-refractivity contribution in [3.63, 3.8) is 0 Å². The molecule has 0 aromatic heterocycles. The fourth-order valence-corrected chi connectivity index (χ4v) is 2.16. The van der Waals surface area contributed by atoms with E-state index in [4.69, 9.17) is 4.74 Å². The van der Waals surface area contributed by atoms with Crippen LogP contribution in [-0.4, -0.2) is 17.8 Å². The minimum atomic E-state index is -0.713. The minimum absolute atomic E-state index is 0.185. The molecule has 0 spiro atoms. The van der Waals surface area contributed by atoms with Crippen LogP contribution >= 0.6 is 0 Å². The molecule has 0 radical (unpaired) electrons. The summed E-state index contributed by atoms with van der Waals surface area (Å²) in [6.07, 6.45) is 2.06. The van der Waals surface area contributed by atoms with Crippen LogP contribution in [-0.2, 0) is 4.74 Å². The van der Waals surface area contributed by atoms with Gasteiger partial charge in [0.25, 0.3) is 0 Å². The Balaban J connectivity index is 2.15. The lowest BCUT2D eigenvalue weighted by Crippen LogP contribution is -2.26. The largest absolute Gasteiger partial charge is 0.386 e. The molecule has 0 amide bonds. The Morgan fingerprint density at radius 2 is 2.19 bits per heavy atom. The predicted molar refractivity (Wildman–Crippen MR) is 59.7 cm³/mol. The van der Waals surface area contributed by atoms with Gasteiger partial charge in [-0.25, -0.2) is 4.39 Å². The third-order valence-electron chi connectivity index (χ3n) is 2.97. The first-order valence-corrected chi connectivity index (χ1v) is 5.73. The Labute approximate surface area is 95.1 Å². The summed E-state index contributed by atoms with van der Waals surface area (Å²) in [4.78, 5) is 0. The van der Waals surface area contributed by atoms with Crippen molar-refractivity contribution in [2.75, 3.05) is 6.61 Å². The highest BCUT2D eigenvalue weighted by Crippen LogP contribution is 2.27. The van der Waals surface area contributed by atoms with Crippen molar-refractivity contribution < 1.29 is 14.2 Å². The number of hydrogen-bond acceptors (Lipinski definition) is 2. The van der Waals surface area contributed by atoms with Crippen molar-refractivity contribution in [1.29, 1.82) is 0 Å². The molecule has 2 unspecified atom stereocenters. The first-order valence-electron chi connectivity index (χ1n) is 5.73. The monoisotopic (exact) mass is 224 g/mol. The molecule has 1 fully saturated rings. The Morgan fingerprint density at radius 1 is 1.38 bits per heavy atom. The van der Waals surface area contributed by atoms with E-state index in [-0.39, 0.29) is 11.9 Å². The molecule has 16 heavy (non-hydrogen) atoms. The van der Waals surface area contributed by atoms with Crippen LogP contribution in [0.1, 0.15) is 36.5 Å². The number of benzene rings is 1. The van der Waals surface area contributed by atoms with Gasteiger partial charge in [0.05, 0.1) is 6.10 Å². The first kappa shape index (κ1) is 11.6. The summed E-state index contributed by atoms with van der Waals surface area (Å²) in [6.45, 7) is 2.51. The smallest absolute Gasteiger partial charge is 0.123 e. The van der Waals surface area contributed by atoms with Crippen LogP contribution in [0.4, 0.5) is 4.39 Å². The van der Waals surface area contributed by atoms with E-state index in [1.54, 1.807) is 0 Å². The normalized spacial score (nSPS) is 23.1. The van der Waals surface area contributed by atoms with Crippen molar-refractivity contribution in [3.8, 4) is 0 Å². The summed E-state index contributed by atoms with van der Waals surface area (Å²) in [6, 6.07) is 4.65. The average Bonchev–Trinajstić information content (AvgIpc) is 2.28. The SMILES string of the molecule is Cc1cc(F)cc(C(O)C2CCCCO2)c1. The standard InChI is InChI=1S/C13H17FO2/c1-9-6-10(8-11(14)7-9)13(15)12-4-2-3-5-16-12/h6-8,12-13,15H,2-5H2,1H3. The average molecular weight is 224 g/mol. The second-order valence-corrected chi connectivity index (χ2v) is 4.41. The van der Waals surface area contributed by atoms with Gasteiger partial charge in [-0.1, -0.05) is 6.07 Å². The zero-order valence-electron chi connectivity index (χ0n) is 9.45. The summed E-state index contributed by atoms with van der Waals surface area (Å²) >= 11 is 0. The molecular weight excluding hydrogens is 207 g/mol. The quantitative estimate of drug-likeness (QED) is 0.837. The maximum Gasteiger partial charge on any atom is 0.123 e. The summed E-state index contributed by atoms with van der Waals surface area (Å²) in [5.74, 6) is -0.301. The van der Waals surface area contributed by atoms with Crippen LogP contribution in [0.3, 0.4) is 0 Å². The second-order valence-electron chi connectivity index (χ2n) is 4.41. The van der Waals surface area contributed by atoms with Gasteiger partial charge in [0, 0.05) is 6.61 Å². The van der Waals surface area contributed by atoms with Crippen LogP contribution in [0, 0.1) is 12.7 Å². The summed E-state index contributed by atoms with van der Waals surface area (Å²) in [5, 5.41) is 10.1. The third kappa shape index (κ3) is 2.60. The van der Waals surface area contributed by atoms with Gasteiger partial charge in [0.2, 0.25) is 0 Å². The highest BCUT2D eigenvalue weighted by Gasteiger charge is 2.24. The highest BCUT2D eigenvalue weighted by molar-refractivity contribution is 5.26. The summed E-state index contributed by atoms with van der Waals surface area (Å²) < 4.78 is 18.7. The number of halogens is 1. The van der Waals surface area contributed by atoms with E-state index >= 15 is 0 Å². The molecule has 88 valence electrons. The van der Waals surface area contributed by atoms with E-state index in [1.165, 1.54) is 12.1 Å². The number of ether oxygens (including phenoxy) is 1. The van der Waals surface area contributed by atoms with E-state index < -0.39 is 6.10 Å². The topological polar surface area (TPSA) is 29.5 Å². The number of aliphatic hydroxyl groups excluding tert-OH is 1. The lowest BCUT2D eigenvalue weighted by molar-refractivity contribution is -0.0634. The Bertz CT molecular complexity index is 339. The maximum absolute atomic E-state index is 13.2. The molecular formula is C13H17FO2. The van der Waals surface area contributed by atoms with Crippen molar-refractivity contribution in [1.82, 2.24) is 0 Å². The fourth-order valence-electron chi connectivity index (χ4n) is 2.16. The molecule has 2 atom stereocenters. The summed E-state index contributed by atoms with van der Waals surface area (Å²) in [5.41, 5.74) is 1.44. The van der Waals surface area contributed by atoms with Gasteiger partial charge in [-0.15, -0.1) is 0 Å². The van der Waals surface area contributed by atoms with Gasteiger partial charge in [-0.05, 0) is 49.4 Å². The first-order chi connectivity index (χ1) is 7.66. The van der Waals surface area contributed by atoms with Gasteiger partial charge < -0.3 is 9.84 Å². The van der Waals surface area contributed by atoms with Crippen LogP contribution in [0.2, 0.25) is 0 Å². The van der Waals surface area contributed by atoms with Gasteiger partial charge in [-0.3, -0.25) is 0 Å². The second kappa shape index (κ2) is 4.93. The van der Waals surface area contributed by atoms with Crippen LogP contribution < -0.4 is 0 Å². The van der Waals surface area contributed by atoms with Crippen molar-refractivity contribution in [2.45, 2.75) is 38.4 Å². The van der Waals surface area contributed by atoms with Gasteiger partial charge in [0.1, 0.15) is 11.9 Å². The van der Waals surface area contributed by atoms with Crippen LogP contribution in [0.25, 0.3) is 0 Å². The molecule has 1 heterocycles. The van der Waals surface area contributed by atoms with E-state index in [2.05, 4.69) is 0 Å². The molecule has 2 rings (SSSR count). The van der Waals surface area contributed by atoms with E-state index in [1.807, 2.05) is 13.0 Å². The van der Waals surface area contributed by atoms with Gasteiger partial charge >= 0.3 is 0 Å². The molecule has 1 aliphatic rings. The number of rotatable bonds is 2. The van der Waals surface area contributed by atoms with Crippen molar-refractivity contribution >= 4 is 0 Å². The van der Waals surface area contributed by atoms with Crippen LogP contribution in [0.15, 0.2) is 18.2 Å². The maximum atomic E-state index is 13.2. The zero-order valence-corrected chi connectivity index (χ0v) is 9.45. The van der Waals surface area contributed by atoms with Gasteiger partial charge in [-0.2, -0.15) is 0 Å². The fraction of sp³-hybridized carbons (Fsp3) is 0.538. The van der Waals surface area contributed by atoms with Crippen molar-refractivity contribution in [3.05, 3.63) is 35.1 Å². The van der Waals surface area contributed by atoms with E-state index in [0.29, 0.717) is 12.2 Å². The molecule has 0 saturated carbocycles. The van der Waals surface area contributed by atoms with Crippen LogP contribution in [0.5, 0.6) is 0 Å². The lowest BCUT2D eigenvalue weighted by atomic mass is 9.97. The summed E-state index contributed by atoms with van der Waals surface area (Å²) in [7, 11) is 0. The molecule has 0 bridgehead atoms. The molecule has 2 nitrogen and oxygen atoms in total. The molecule has 3 heteroatoms. The zero-order chi connectivity index (χ0) is 11.5. The molecule has 1 saturated heterocycles. The van der Waals surface area contributed by atoms with Crippen molar-refractivity contribution in [2.24, 2.45) is 0 Å².